The van der Waals surface area contributed by atoms with Crippen LogP contribution < -0.4 is 20.1 Å². The number of ether oxygens (including phenoxy) is 2. The number of carbonyl (C=O) groups excluding carboxylic acids is 1. The Balaban J connectivity index is 1.18. The lowest BCUT2D eigenvalue weighted by Crippen LogP contribution is -2.48. The predicted octanol–water partition coefficient (Wildman–Crippen LogP) is 5.25. The lowest BCUT2D eigenvalue weighted by Gasteiger charge is -2.56. The third-order valence-corrected chi connectivity index (χ3v) is 8.32. The van der Waals surface area contributed by atoms with E-state index in [2.05, 4.69) is 15.6 Å². The number of carbonyl (C=O) groups is 1. The van der Waals surface area contributed by atoms with Crippen molar-refractivity contribution in [3.63, 3.8) is 0 Å². The zero-order valence-electron chi connectivity index (χ0n) is 18.5. The molecule has 1 heterocycles. The van der Waals surface area contributed by atoms with Crippen molar-refractivity contribution in [1.82, 2.24) is 10.3 Å². The second-order valence-corrected chi connectivity index (χ2v) is 11.0. The third-order valence-electron chi connectivity index (χ3n) is 7.36. The molecule has 32 heavy (non-hydrogen) atoms. The van der Waals surface area contributed by atoms with Crippen LogP contribution in [0.1, 0.15) is 44.9 Å². The molecule has 0 saturated heterocycles. The summed E-state index contributed by atoms with van der Waals surface area (Å²) in [5.74, 6) is 3.87. The van der Waals surface area contributed by atoms with Crippen LogP contribution in [0.5, 0.6) is 11.5 Å². The Morgan fingerprint density at radius 1 is 1.12 bits per heavy atom. The molecule has 8 heteroatoms. The van der Waals surface area contributed by atoms with E-state index in [-0.39, 0.29) is 11.3 Å². The van der Waals surface area contributed by atoms with E-state index in [4.69, 9.17) is 21.7 Å². The molecule has 0 atom stereocenters. The number of aromatic nitrogens is 1. The van der Waals surface area contributed by atoms with Crippen molar-refractivity contribution in [3.8, 4) is 22.8 Å². The van der Waals surface area contributed by atoms with Gasteiger partial charge >= 0.3 is 0 Å². The molecule has 2 N–H and O–H groups in total. The maximum atomic E-state index is 12.8. The minimum atomic E-state index is 0.0288. The van der Waals surface area contributed by atoms with Crippen LogP contribution in [0.2, 0.25) is 0 Å². The van der Waals surface area contributed by atoms with Gasteiger partial charge in [-0.05, 0) is 92.1 Å². The van der Waals surface area contributed by atoms with Crippen molar-refractivity contribution >= 4 is 39.7 Å². The maximum Gasteiger partial charge on any atom is 0.226 e. The van der Waals surface area contributed by atoms with Crippen molar-refractivity contribution < 1.29 is 14.3 Å². The highest BCUT2D eigenvalue weighted by Crippen LogP contribution is 2.61. The highest BCUT2D eigenvalue weighted by atomic mass is 32.1. The summed E-state index contributed by atoms with van der Waals surface area (Å²) in [7, 11) is 3.22. The van der Waals surface area contributed by atoms with Gasteiger partial charge in [-0.15, -0.1) is 11.3 Å². The molecule has 0 radical (unpaired) electrons. The summed E-state index contributed by atoms with van der Waals surface area (Å²) in [5.41, 5.74) is 1.93. The summed E-state index contributed by atoms with van der Waals surface area (Å²) in [5, 5.41) is 8.88. The second-order valence-electron chi connectivity index (χ2n) is 9.70. The van der Waals surface area contributed by atoms with Crippen molar-refractivity contribution in [3.05, 3.63) is 23.6 Å². The van der Waals surface area contributed by atoms with E-state index in [0.717, 1.165) is 29.0 Å². The number of thiocarbonyl (C=S) groups is 1. The highest BCUT2D eigenvalue weighted by Gasteiger charge is 2.51. The second kappa shape index (κ2) is 8.63. The first-order valence-corrected chi connectivity index (χ1v) is 12.5. The van der Waals surface area contributed by atoms with Crippen LogP contribution in [-0.2, 0) is 4.79 Å². The van der Waals surface area contributed by atoms with Crippen molar-refractivity contribution in [2.45, 2.75) is 44.9 Å². The number of hydrogen-bond donors (Lipinski definition) is 2. The van der Waals surface area contributed by atoms with Gasteiger partial charge in [-0.3, -0.25) is 4.79 Å². The van der Waals surface area contributed by atoms with Gasteiger partial charge in [0.25, 0.3) is 0 Å². The van der Waals surface area contributed by atoms with E-state index in [1.165, 1.54) is 49.9 Å². The summed E-state index contributed by atoms with van der Waals surface area (Å²) < 4.78 is 10.7. The fourth-order valence-electron chi connectivity index (χ4n) is 6.61. The number of nitrogens with zero attached hydrogens (tertiary/aromatic N) is 1. The average Bonchev–Trinajstić information content (AvgIpc) is 3.19. The molecule has 1 amide bonds. The molecule has 6 nitrogen and oxygen atoms in total. The number of thiazole rings is 1. The molecule has 6 rings (SSSR count). The smallest absolute Gasteiger partial charge is 0.226 e. The number of benzene rings is 1. The number of anilines is 1. The molecule has 4 aliphatic rings. The molecular formula is C24H29N3O3S2. The largest absolute Gasteiger partial charge is 0.493 e. The Morgan fingerprint density at radius 2 is 1.78 bits per heavy atom. The number of nitrogens with one attached hydrogen (secondary N) is 2. The van der Waals surface area contributed by atoms with Crippen LogP contribution in [0, 0.1) is 23.2 Å². The number of amides is 1. The SMILES string of the molecule is COc1ccc(-c2csc(NC(=S)NC(=O)CC34CC5CC(CC(C5)C3)C4)n2)cc1OC. The third kappa shape index (κ3) is 4.35. The average molecular weight is 472 g/mol. The van der Waals surface area contributed by atoms with Crippen molar-refractivity contribution in [2.24, 2.45) is 23.2 Å². The summed E-state index contributed by atoms with van der Waals surface area (Å²) in [6, 6.07) is 5.69. The molecule has 4 aliphatic carbocycles. The molecule has 0 spiro atoms. The fourth-order valence-corrected chi connectivity index (χ4v) is 7.60. The first kappa shape index (κ1) is 21.6. The lowest BCUT2D eigenvalue weighted by molar-refractivity contribution is -0.127. The van der Waals surface area contributed by atoms with Gasteiger partial charge in [-0.25, -0.2) is 4.98 Å². The number of rotatable bonds is 6. The first-order chi connectivity index (χ1) is 15.4. The quantitative estimate of drug-likeness (QED) is 0.561. The molecule has 1 aromatic carbocycles. The zero-order chi connectivity index (χ0) is 22.3. The van der Waals surface area contributed by atoms with Gasteiger partial charge in [0.05, 0.1) is 19.9 Å². The molecule has 4 bridgehead atoms. The monoisotopic (exact) mass is 471 g/mol. The summed E-state index contributed by atoms with van der Waals surface area (Å²) in [6.07, 6.45) is 8.39. The van der Waals surface area contributed by atoms with Crippen LogP contribution >= 0.6 is 23.6 Å². The van der Waals surface area contributed by atoms with Gasteiger partial charge in [0.2, 0.25) is 5.91 Å². The Morgan fingerprint density at radius 3 is 2.41 bits per heavy atom. The molecule has 0 unspecified atom stereocenters. The minimum absolute atomic E-state index is 0.0288. The van der Waals surface area contributed by atoms with Crippen LogP contribution in [0.4, 0.5) is 5.13 Å². The molecule has 0 aliphatic heterocycles. The summed E-state index contributed by atoms with van der Waals surface area (Å²) in [6.45, 7) is 0. The topological polar surface area (TPSA) is 72.5 Å². The molecule has 170 valence electrons. The summed E-state index contributed by atoms with van der Waals surface area (Å²) in [4.78, 5) is 17.4. The van der Waals surface area contributed by atoms with E-state index < -0.39 is 0 Å². The summed E-state index contributed by atoms with van der Waals surface area (Å²) >= 11 is 6.85. The normalized spacial score (nSPS) is 27.8. The fraction of sp³-hybridized carbons (Fsp3) is 0.542. The van der Waals surface area contributed by atoms with Gasteiger partial charge in [0.1, 0.15) is 0 Å². The van der Waals surface area contributed by atoms with E-state index >= 15 is 0 Å². The Bertz CT molecular complexity index is 1000. The van der Waals surface area contributed by atoms with Crippen LogP contribution in [-0.4, -0.2) is 30.2 Å². The standard InChI is InChI=1S/C24H29N3O3S2/c1-29-19-4-3-17(8-20(19)30-2)18-13-32-23(25-18)27-22(31)26-21(28)12-24-9-14-5-15(10-24)7-16(6-14)11-24/h3-4,8,13-16H,5-7,9-12H2,1-2H3,(H2,25,26,27,28,31). The Labute approximate surface area is 198 Å². The van der Waals surface area contributed by atoms with Crippen molar-refractivity contribution in [2.75, 3.05) is 19.5 Å². The van der Waals surface area contributed by atoms with E-state index in [1.54, 1.807) is 14.2 Å². The minimum Gasteiger partial charge on any atom is -0.493 e. The molecule has 1 aromatic heterocycles. The molecule has 4 fully saturated rings. The maximum absolute atomic E-state index is 12.8. The van der Waals surface area contributed by atoms with Crippen LogP contribution in [0.3, 0.4) is 0 Å². The Hall–Kier alpha value is -2.19. The first-order valence-electron chi connectivity index (χ1n) is 11.2. The van der Waals surface area contributed by atoms with Crippen LogP contribution in [0.25, 0.3) is 11.3 Å². The van der Waals surface area contributed by atoms with E-state index in [9.17, 15) is 4.79 Å². The van der Waals surface area contributed by atoms with Crippen LogP contribution in [0.15, 0.2) is 23.6 Å². The number of methoxy groups -OCH3 is 2. The predicted molar refractivity (Wildman–Crippen MR) is 130 cm³/mol. The van der Waals surface area contributed by atoms with Gasteiger partial charge in [-0.1, -0.05) is 0 Å². The van der Waals surface area contributed by atoms with Gasteiger partial charge in [0.15, 0.2) is 21.7 Å². The zero-order valence-corrected chi connectivity index (χ0v) is 20.1. The Kier molecular flexibility index (Phi) is 5.84. The van der Waals surface area contributed by atoms with Crippen molar-refractivity contribution in [1.29, 1.82) is 0 Å². The highest BCUT2D eigenvalue weighted by molar-refractivity contribution is 7.80. The lowest BCUT2D eigenvalue weighted by atomic mass is 9.49. The molecule has 2 aromatic rings. The van der Waals surface area contributed by atoms with Gasteiger partial charge < -0.3 is 20.1 Å². The van der Waals surface area contributed by atoms with Gasteiger partial charge in [0, 0.05) is 17.4 Å². The van der Waals surface area contributed by atoms with E-state index in [1.807, 2.05) is 23.6 Å². The van der Waals surface area contributed by atoms with E-state index in [0.29, 0.717) is 28.2 Å². The molecular weight excluding hydrogens is 442 g/mol. The van der Waals surface area contributed by atoms with Gasteiger partial charge in [-0.2, -0.15) is 0 Å². The molecule has 4 saturated carbocycles. The number of hydrogen-bond acceptors (Lipinski definition) is 6.